The van der Waals surface area contributed by atoms with E-state index in [1.807, 2.05) is 24.3 Å². The molecule has 1 aliphatic rings. The molecule has 0 fully saturated rings. The van der Waals surface area contributed by atoms with Crippen molar-refractivity contribution in [3.05, 3.63) is 80.2 Å². The molecule has 0 bridgehead atoms. The van der Waals surface area contributed by atoms with Gasteiger partial charge < -0.3 is 15.0 Å². The normalized spacial score (nSPS) is 15.1. The van der Waals surface area contributed by atoms with Crippen LogP contribution in [0.2, 0.25) is 0 Å². The van der Waals surface area contributed by atoms with Gasteiger partial charge >= 0.3 is 11.7 Å². The van der Waals surface area contributed by atoms with Crippen LogP contribution in [0.15, 0.2) is 57.8 Å². The van der Waals surface area contributed by atoms with Gasteiger partial charge in [-0.3, -0.25) is 13.9 Å². The van der Waals surface area contributed by atoms with E-state index in [-0.39, 0.29) is 6.61 Å². The first-order chi connectivity index (χ1) is 15.3. The van der Waals surface area contributed by atoms with Crippen LogP contribution in [-0.2, 0) is 23.6 Å². The number of benzene rings is 1. The van der Waals surface area contributed by atoms with Gasteiger partial charge in [-0.25, -0.2) is 9.59 Å². The van der Waals surface area contributed by atoms with Crippen LogP contribution in [0.3, 0.4) is 0 Å². The van der Waals surface area contributed by atoms with Gasteiger partial charge in [0.2, 0.25) is 0 Å². The molecule has 2 heterocycles. The lowest BCUT2D eigenvalue weighted by molar-refractivity contribution is -0.138. The van der Waals surface area contributed by atoms with Crippen LogP contribution in [0.5, 0.6) is 0 Å². The van der Waals surface area contributed by atoms with E-state index in [0.717, 1.165) is 28.9 Å². The van der Waals surface area contributed by atoms with Crippen molar-refractivity contribution in [2.24, 2.45) is 14.1 Å². The number of rotatable bonds is 7. The Hall–Kier alpha value is -3.55. The van der Waals surface area contributed by atoms with Gasteiger partial charge in [0, 0.05) is 38.6 Å². The zero-order chi connectivity index (χ0) is 23.6. The molecule has 170 valence electrons. The third-order valence-electron chi connectivity index (χ3n) is 5.89. The summed E-state index contributed by atoms with van der Waals surface area (Å²) in [6.45, 7) is 11.3. The Kier molecular flexibility index (Phi) is 6.72. The minimum absolute atomic E-state index is 0.0569. The van der Waals surface area contributed by atoms with Crippen LogP contribution in [0.1, 0.15) is 37.8 Å². The van der Waals surface area contributed by atoms with E-state index in [2.05, 4.69) is 30.6 Å². The Morgan fingerprint density at radius 1 is 1.16 bits per heavy atom. The zero-order valence-electron chi connectivity index (χ0n) is 19.3. The molecule has 0 spiro atoms. The SMILES string of the molecule is C=CCOC(=O)C1=C(C)Nc2c(c(=O)n(C)c(=O)n2C)[C@H]1c1ccc(N(CC)CC)cc1. The third-order valence-corrected chi connectivity index (χ3v) is 5.89. The summed E-state index contributed by atoms with van der Waals surface area (Å²) in [5.74, 6) is -0.831. The summed E-state index contributed by atoms with van der Waals surface area (Å²) in [6.07, 6.45) is 1.49. The van der Waals surface area contributed by atoms with Crippen molar-refractivity contribution >= 4 is 17.5 Å². The summed E-state index contributed by atoms with van der Waals surface area (Å²) >= 11 is 0. The second-order valence-electron chi connectivity index (χ2n) is 7.72. The molecular formula is C24H30N4O4. The maximum atomic E-state index is 13.2. The summed E-state index contributed by atoms with van der Waals surface area (Å²) in [4.78, 5) is 41.0. The first-order valence-electron chi connectivity index (χ1n) is 10.7. The molecule has 3 rings (SSSR count). The highest BCUT2D eigenvalue weighted by Gasteiger charge is 2.37. The number of anilines is 2. The Morgan fingerprint density at radius 2 is 1.78 bits per heavy atom. The molecule has 1 N–H and O–H groups in total. The van der Waals surface area contributed by atoms with Crippen LogP contribution in [0.4, 0.5) is 11.5 Å². The van der Waals surface area contributed by atoms with Crippen molar-refractivity contribution in [2.75, 3.05) is 29.9 Å². The highest BCUT2D eigenvalue weighted by molar-refractivity contribution is 5.94. The van der Waals surface area contributed by atoms with E-state index in [9.17, 15) is 14.4 Å². The van der Waals surface area contributed by atoms with Gasteiger partial charge in [-0.1, -0.05) is 24.8 Å². The highest BCUT2D eigenvalue weighted by atomic mass is 16.5. The van der Waals surface area contributed by atoms with E-state index < -0.39 is 23.1 Å². The number of nitrogens with zero attached hydrogens (tertiary/aromatic N) is 3. The predicted molar refractivity (Wildman–Crippen MR) is 126 cm³/mol. The molecule has 8 nitrogen and oxygen atoms in total. The minimum atomic E-state index is -0.681. The number of esters is 1. The molecule has 8 heteroatoms. The van der Waals surface area contributed by atoms with Crippen LogP contribution in [0.25, 0.3) is 0 Å². The quantitative estimate of drug-likeness (QED) is 0.528. The minimum Gasteiger partial charge on any atom is -0.458 e. The molecule has 0 saturated carbocycles. The number of allylic oxidation sites excluding steroid dienone is 1. The average molecular weight is 439 g/mol. The van der Waals surface area contributed by atoms with E-state index in [4.69, 9.17) is 4.74 Å². The summed E-state index contributed by atoms with van der Waals surface area (Å²) < 4.78 is 7.80. The summed E-state index contributed by atoms with van der Waals surface area (Å²) in [6, 6.07) is 7.81. The van der Waals surface area contributed by atoms with Gasteiger partial charge in [-0.05, 0) is 38.5 Å². The number of aromatic nitrogens is 2. The fraction of sp³-hybridized carbons (Fsp3) is 0.375. The number of hydrogen-bond donors (Lipinski definition) is 1. The van der Waals surface area contributed by atoms with E-state index in [0.29, 0.717) is 22.7 Å². The molecule has 0 amide bonds. The van der Waals surface area contributed by atoms with E-state index >= 15 is 0 Å². The molecule has 0 saturated heterocycles. The number of hydrogen-bond acceptors (Lipinski definition) is 6. The lowest BCUT2D eigenvalue weighted by atomic mass is 9.82. The third kappa shape index (κ3) is 3.88. The number of fused-ring (bicyclic) bond motifs is 1. The molecule has 1 aromatic heterocycles. The topological polar surface area (TPSA) is 85.6 Å². The van der Waals surface area contributed by atoms with E-state index in [1.54, 1.807) is 14.0 Å². The molecule has 1 aliphatic heterocycles. The van der Waals surface area contributed by atoms with Crippen molar-refractivity contribution in [1.29, 1.82) is 0 Å². The first-order valence-corrected chi connectivity index (χ1v) is 10.7. The van der Waals surface area contributed by atoms with Crippen LogP contribution < -0.4 is 21.5 Å². The summed E-state index contributed by atoms with van der Waals surface area (Å²) in [5, 5.41) is 3.09. The second kappa shape index (κ2) is 9.30. The first kappa shape index (κ1) is 23.1. The van der Waals surface area contributed by atoms with Crippen LogP contribution in [-0.4, -0.2) is 34.8 Å². The lowest BCUT2D eigenvalue weighted by Gasteiger charge is -2.31. The smallest absolute Gasteiger partial charge is 0.337 e. The van der Waals surface area contributed by atoms with Crippen molar-refractivity contribution in [2.45, 2.75) is 26.7 Å². The molecular weight excluding hydrogens is 408 g/mol. The van der Waals surface area contributed by atoms with Gasteiger partial charge in [0.15, 0.2) is 0 Å². The summed E-state index contributed by atoms with van der Waals surface area (Å²) in [5.41, 5.74) is 2.14. The zero-order valence-corrected chi connectivity index (χ0v) is 19.3. The van der Waals surface area contributed by atoms with Gasteiger partial charge in [0.25, 0.3) is 5.56 Å². The van der Waals surface area contributed by atoms with Crippen molar-refractivity contribution < 1.29 is 9.53 Å². The maximum Gasteiger partial charge on any atom is 0.337 e. The van der Waals surface area contributed by atoms with Gasteiger partial charge in [0.1, 0.15) is 12.4 Å². The monoisotopic (exact) mass is 438 g/mol. The lowest BCUT2D eigenvalue weighted by Crippen LogP contribution is -2.43. The molecule has 0 unspecified atom stereocenters. The van der Waals surface area contributed by atoms with Gasteiger partial charge in [-0.15, -0.1) is 0 Å². The largest absolute Gasteiger partial charge is 0.458 e. The fourth-order valence-electron chi connectivity index (χ4n) is 4.17. The standard InChI is InChI=1S/C24H30N4O4/c1-7-14-32-23(30)18-15(4)25-21-20(22(29)27(6)24(31)26(21)5)19(18)16-10-12-17(13-11-16)28(8-2)9-3/h7,10-13,19,25H,1,8-9,14H2,2-6H3/t19-/m0/s1. The van der Waals surface area contributed by atoms with Gasteiger partial charge in [-0.2, -0.15) is 0 Å². The Morgan fingerprint density at radius 3 is 2.34 bits per heavy atom. The second-order valence-corrected chi connectivity index (χ2v) is 7.72. The Balaban J connectivity index is 2.26. The fourth-order valence-corrected chi connectivity index (χ4v) is 4.17. The molecule has 0 radical (unpaired) electrons. The molecule has 2 aromatic rings. The maximum absolute atomic E-state index is 13.2. The van der Waals surface area contributed by atoms with Crippen LogP contribution >= 0.6 is 0 Å². The molecule has 32 heavy (non-hydrogen) atoms. The Bertz CT molecular complexity index is 1180. The molecule has 0 aliphatic carbocycles. The number of carbonyl (C=O) groups is 1. The van der Waals surface area contributed by atoms with Gasteiger partial charge in [0.05, 0.1) is 17.1 Å². The number of nitrogens with one attached hydrogen (secondary N) is 1. The van der Waals surface area contributed by atoms with E-state index in [1.165, 1.54) is 17.7 Å². The number of ether oxygens (including phenoxy) is 1. The average Bonchev–Trinajstić information content (AvgIpc) is 2.80. The molecule has 1 atom stereocenters. The van der Waals surface area contributed by atoms with Crippen molar-refractivity contribution in [3.8, 4) is 0 Å². The summed E-state index contributed by atoms with van der Waals surface area (Å²) in [7, 11) is 3.04. The highest BCUT2D eigenvalue weighted by Crippen LogP contribution is 2.40. The van der Waals surface area contributed by atoms with Crippen molar-refractivity contribution in [1.82, 2.24) is 9.13 Å². The van der Waals surface area contributed by atoms with Crippen LogP contribution in [0, 0.1) is 0 Å². The van der Waals surface area contributed by atoms with Crippen molar-refractivity contribution in [3.63, 3.8) is 0 Å². The number of carbonyl (C=O) groups excluding carboxylic acids is 1. The predicted octanol–water partition coefficient (Wildman–Crippen LogP) is 2.49. The molecule has 1 aromatic carbocycles. The Labute approximate surface area is 187 Å².